The molecule has 1 aromatic heterocycles. The highest BCUT2D eigenvalue weighted by Gasteiger charge is 2.13. The smallest absolute Gasteiger partial charge is 0.277 e. The predicted molar refractivity (Wildman–Crippen MR) is 122 cm³/mol. The topological polar surface area (TPSA) is 94.3 Å². The third-order valence-corrected chi connectivity index (χ3v) is 5.39. The minimum atomic E-state index is -0.204. The molecular weight excluding hydrogens is 426 g/mol. The highest BCUT2D eigenvalue weighted by atomic mass is 32.2. The molecule has 0 unspecified atom stereocenters. The van der Waals surface area contributed by atoms with Crippen LogP contribution in [0.5, 0.6) is 5.75 Å². The molecule has 1 amide bonds. The number of benzene rings is 3. The molecule has 0 aliphatic rings. The van der Waals surface area contributed by atoms with E-state index in [-0.39, 0.29) is 17.4 Å². The number of methoxy groups -OCH3 is 1. The Morgan fingerprint density at radius 3 is 2.31 bits per heavy atom. The van der Waals surface area contributed by atoms with Gasteiger partial charge in [-0.1, -0.05) is 30.0 Å². The molecule has 0 spiro atoms. The molecule has 3 aromatic carbocycles. The SMILES string of the molecule is COc1ccc(-c2nnc(SCC(=O)c3ccc(NC(=O)c4ccccc4)cc3)o2)cc1. The van der Waals surface area contributed by atoms with E-state index in [0.717, 1.165) is 11.3 Å². The van der Waals surface area contributed by atoms with Gasteiger partial charge in [-0.2, -0.15) is 0 Å². The van der Waals surface area contributed by atoms with Crippen LogP contribution in [0.15, 0.2) is 88.5 Å². The molecule has 0 aliphatic carbocycles. The summed E-state index contributed by atoms with van der Waals surface area (Å²) in [6.07, 6.45) is 0. The van der Waals surface area contributed by atoms with E-state index in [1.54, 1.807) is 55.6 Å². The number of ether oxygens (including phenoxy) is 1. The van der Waals surface area contributed by atoms with Gasteiger partial charge in [0.2, 0.25) is 5.89 Å². The van der Waals surface area contributed by atoms with Crippen LogP contribution in [0.1, 0.15) is 20.7 Å². The van der Waals surface area contributed by atoms with E-state index in [0.29, 0.717) is 27.9 Å². The van der Waals surface area contributed by atoms with E-state index in [9.17, 15) is 9.59 Å². The maximum Gasteiger partial charge on any atom is 0.277 e. The van der Waals surface area contributed by atoms with E-state index >= 15 is 0 Å². The van der Waals surface area contributed by atoms with Crippen molar-refractivity contribution >= 4 is 29.1 Å². The second-order valence-corrected chi connectivity index (χ2v) is 7.64. The van der Waals surface area contributed by atoms with Crippen molar-refractivity contribution in [3.8, 4) is 17.2 Å². The minimum absolute atomic E-state index is 0.0832. The van der Waals surface area contributed by atoms with Gasteiger partial charge in [-0.05, 0) is 60.7 Å². The fourth-order valence-electron chi connectivity index (χ4n) is 2.86. The van der Waals surface area contributed by atoms with Gasteiger partial charge in [-0.3, -0.25) is 9.59 Å². The summed E-state index contributed by atoms with van der Waals surface area (Å²) in [6, 6.07) is 23.0. The number of aromatic nitrogens is 2. The summed E-state index contributed by atoms with van der Waals surface area (Å²) in [4.78, 5) is 24.7. The molecule has 0 saturated heterocycles. The van der Waals surface area contributed by atoms with Crippen LogP contribution in [0.25, 0.3) is 11.5 Å². The Morgan fingerprint density at radius 1 is 0.906 bits per heavy atom. The zero-order valence-electron chi connectivity index (χ0n) is 17.1. The maximum atomic E-state index is 12.5. The average Bonchev–Trinajstić information content (AvgIpc) is 3.32. The molecule has 7 nitrogen and oxygen atoms in total. The molecule has 0 atom stereocenters. The van der Waals surface area contributed by atoms with Crippen LogP contribution in [0.4, 0.5) is 5.69 Å². The number of carbonyl (C=O) groups is 2. The summed E-state index contributed by atoms with van der Waals surface area (Å²) in [7, 11) is 1.60. The van der Waals surface area contributed by atoms with Crippen LogP contribution < -0.4 is 10.1 Å². The Labute approximate surface area is 188 Å². The first-order chi connectivity index (χ1) is 15.6. The molecular formula is C24H19N3O4S. The van der Waals surface area contributed by atoms with Crippen molar-refractivity contribution in [3.05, 3.63) is 90.0 Å². The van der Waals surface area contributed by atoms with Gasteiger partial charge >= 0.3 is 0 Å². The van der Waals surface area contributed by atoms with E-state index in [1.807, 2.05) is 30.3 Å². The number of carbonyl (C=O) groups excluding carboxylic acids is 2. The number of rotatable bonds is 8. The largest absolute Gasteiger partial charge is 0.497 e. The van der Waals surface area contributed by atoms with Gasteiger partial charge in [-0.25, -0.2) is 0 Å². The van der Waals surface area contributed by atoms with Crippen LogP contribution in [0.2, 0.25) is 0 Å². The molecule has 4 aromatic rings. The van der Waals surface area contributed by atoms with Crippen molar-refractivity contribution in [2.75, 3.05) is 18.2 Å². The lowest BCUT2D eigenvalue weighted by Gasteiger charge is -2.06. The van der Waals surface area contributed by atoms with Crippen LogP contribution in [-0.4, -0.2) is 34.8 Å². The number of Topliss-reactive ketones (excluding diaryl/α,β-unsaturated/α-hetero) is 1. The number of ketones is 1. The van der Waals surface area contributed by atoms with Crippen LogP contribution in [0.3, 0.4) is 0 Å². The van der Waals surface area contributed by atoms with Crippen LogP contribution >= 0.6 is 11.8 Å². The van der Waals surface area contributed by atoms with Crippen LogP contribution in [-0.2, 0) is 0 Å². The van der Waals surface area contributed by atoms with E-state index < -0.39 is 0 Å². The minimum Gasteiger partial charge on any atom is -0.497 e. The monoisotopic (exact) mass is 445 g/mol. The van der Waals surface area contributed by atoms with Gasteiger partial charge in [0, 0.05) is 22.4 Å². The second kappa shape index (κ2) is 9.93. The number of amides is 1. The Balaban J connectivity index is 1.32. The van der Waals surface area contributed by atoms with Crippen molar-refractivity contribution < 1.29 is 18.7 Å². The summed E-state index contributed by atoms with van der Waals surface area (Å²) in [5.74, 6) is 0.976. The standard InChI is InChI=1S/C24H19N3O4S/c1-30-20-13-9-18(10-14-20)23-26-27-24(31-23)32-15-21(28)16-7-11-19(12-8-16)25-22(29)17-5-3-2-4-6-17/h2-14H,15H2,1H3,(H,25,29). The van der Waals surface area contributed by atoms with Gasteiger partial charge in [0.05, 0.1) is 12.9 Å². The zero-order valence-corrected chi connectivity index (χ0v) is 18.0. The number of anilines is 1. The average molecular weight is 446 g/mol. The van der Waals surface area contributed by atoms with Gasteiger partial charge in [0.25, 0.3) is 11.1 Å². The van der Waals surface area contributed by atoms with E-state index in [2.05, 4.69) is 15.5 Å². The number of nitrogens with one attached hydrogen (secondary N) is 1. The molecule has 32 heavy (non-hydrogen) atoms. The summed E-state index contributed by atoms with van der Waals surface area (Å²) < 4.78 is 10.8. The highest BCUT2D eigenvalue weighted by molar-refractivity contribution is 7.99. The Bertz CT molecular complexity index is 1210. The molecule has 1 heterocycles. The lowest BCUT2D eigenvalue weighted by Crippen LogP contribution is -2.11. The summed E-state index contributed by atoms with van der Waals surface area (Å²) in [6.45, 7) is 0. The molecule has 1 N–H and O–H groups in total. The van der Waals surface area contributed by atoms with Crippen molar-refractivity contribution in [2.24, 2.45) is 0 Å². The summed E-state index contributed by atoms with van der Waals surface area (Å²) in [5.41, 5.74) is 2.48. The number of nitrogens with zero attached hydrogens (tertiary/aromatic N) is 2. The first kappa shape index (κ1) is 21.3. The first-order valence-electron chi connectivity index (χ1n) is 9.73. The summed E-state index contributed by atoms with van der Waals surface area (Å²) >= 11 is 1.17. The van der Waals surface area contributed by atoms with Gasteiger partial charge in [0.1, 0.15) is 5.75 Å². The highest BCUT2D eigenvalue weighted by Crippen LogP contribution is 2.25. The summed E-state index contributed by atoms with van der Waals surface area (Å²) in [5, 5.41) is 11.1. The first-order valence-corrected chi connectivity index (χ1v) is 10.7. The zero-order chi connectivity index (χ0) is 22.3. The Kier molecular flexibility index (Phi) is 6.62. The van der Waals surface area contributed by atoms with Crippen molar-refractivity contribution in [2.45, 2.75) is 5.22 Å². The number of thioether (sulfide) groups is 1. The molecule has 0 fully saturated rings. The maximum absolute atomic E-state index is 12.5. The second-order valence-electron chi connectivity index (χ2n) is 6.71. The fraction of sp³-hybridized carbons (Fsp3) is 0.0833. The van der Waals surface area contributed by atoms with Crippen molar-refractivity contribution in [1.82, 2.24) is 10.2 Å². The fourth-order valence-corrected chi connectivity index (χ4v) is 3.52. The quantitative estimate of drug-likeness (QED) is 0.302. The Morgan fingerprint density at radius 2 is 1.62 bits per heavy atom. The van der Waals surface area contributed by atoms with Crippen molar-refractivity contribution in [1.29, 1.82) is 0 Å². The molecule has 0 radical (unpaired) electrons. The third kappa shape index (κ3) is 5.22. The molecule has 4 rings (SSSR count). The van der Waals surface area contributed by atoms with Gasteiger partial charge in [0.15, 0.2) is 5.78 Å². The normalized spacial score (nSPS) is 10.5. The molecule has 0 saturated carbocycles. The lowest BCUT2D eigenvalue weighted by atomic mass is 10.1. The van der Waals surface area contributed by atoms with Crippen LogP contribution in [0, 0.1) is 0 Å². The molecule has 0 aliphatic heterocycles. The number of hydrogen-bond donors (Lipinski definition) is 1. The predicted octanol–water partition coefficient (Wildman–Crippen LogP) is 4.97. The van der Waals surface area contributed by atoms with Gasteiger partial charge < -0.3 is 14.5 Å². The van der Waals surface area contributed by atoms with E-state index in [1.165, 1.54) is 11.8 Å². The van der Waals surface area contributed by atoms with Gasteiger partial charge in [-0.15, -0.1) is 10.2 Å². The lowest BCUT2D eigenvalue weighted by molar-refractivity contribution is 0.101. The molecule has 160 valence electrons. The van der Waals surface area contributed by atoms with Crippen molar-refractivity contribution in [3.63, 3.8) is 0 Å². The number of hydrogen-bond acceptors (Lipinski definition) is 7. The third-order valence-electron chi connectivity index (χ3n) is 4.57. The molecule has 8 heteroatoms. The van der Waals surface area contributed by atoms with E-state index in [4.69, 9.17) is 9.15 Å². The Hall–Kier alpha value is -3.91. The molecule has 0 bridgehead atoms.